The number of ether oxygens (including phenoxy) is 1. The molecule has 0 saturated heterocycles. The van der Waals surface area contributed by atoms with E-state index in [1.165, 1.54) is 7.11 Å². The van der Waals surface area contributed by atoms with Crippen LogP contribution in [0.4, 0.5) is 0 Å². The Kier molecular flexibility index (Phi) is 3.01. The number of H-pyrrole nitrogens is 1. The molecule has 2 rings (SSSR count). The molecule has 5 nitrogen and oxygen atoms in total. The second kappa shape index (κ2) is 4.47. The number of fused-ring (bicyclic) bond motifs is 1. The molecule has 0 unspecified atom stereocenters. The number of aromatic amines is 1. The SMILES string of the molecule is COc1cccc2[nH]c(C(=O)N(C)OC)cc12. The average Bonchev–Trinajstić information content (AvgIpc) is 2.80. The molecule has 90 valence electrons. The van der Waals surface area contributed by atoms with E-state index < -0.39 is 0 Å². The summed E-state index contributed by atoms with van der Waals surface area (Å²) in [4.78, 5) is 19.8. The highest BCUT2D eigenvalue weighted by molar-refractivity contribution is 5.99. The molecule has 1 amide bonds. The Balaban J connectivity index is 2.48. The van der Waals surface area contributed by atoms with Crippen molar-refractivity contribution in [3.05, 3.63) is 30.0 Å². The third kappa shape index (κ3) is 1.97. The highest BCUT2D eigenvalue weighted by Crippen LogP contribution is 2.26. The average molecular weight is 234 g/mol. The van der Waals surface area contributed by atoms with Crippen LogP contribution in [-0.4, -0.2) is 37.2 Å². The number of aromatic nitrogens is 1. The number of carbonyl (C=O) groups is 1. The fraction of sp³-hybridized carbons (Fsp3) is 0.250. The van der Waals surface area contributed by atoms with Gasteiger partial charge in [-0.15, -0.1) is 0 Å². The number of hydrogen-bond donors (Lipinski definition) is 1. The zero-order valence-electron chi connectivity index (χ0n) is 9.98. The lowest BCUT2D eigenvalue weighted by molar-refractivity contribution is -0.0759. The first-order valence-corrected chi connectivity index (χ1v) is 5.15. The first kappa shape index (κ1) is 11.5. The second-order valence-corrected chi connectivity index (χ2v) is 3.59. The molecular formula is C12H14N2O3. The topological polar surface area (TPSA) is 54.6 Å². The minimum Gasteiger partial charge on any atom is -0.496 e. The van der Waals surface area contributed by atoms with Crippen LogP contribution in [0.1, 0.15) is 10.5 Å². The minimum absolute atomic E-state index is 0.231. The zero-order chi connectivity index (χ0) is 12.4. The van der Waals surface area contributed by atoms with E-state index in [1.54, 1.807) is 20.2 Å². The third-order valence-electron chi connectivity index (χ3n) is 2.63. The van der Waals surface area contributed by atoms with Crippen LogP contribution in [-0.2, 0) is 4.84 Å². The smallest absolute Gasteiger partial charge is 0.293 e. The maximum atomic E-state index is 11.9. The summed E-state index contributed by atoms with van der Waals surface area (Å²) >= 11 is 0. The summed E-state index contributed by atoms with van der Waals surface area (Å²) in [5.74, 6) is 0.503. The first-order chi connectivity index (χ1) is 8.17. The quantitative estimate of drug-likeness (QED) is 0.824. The molecule has 1 aromatic heterocycles. The van der Waals surface area contributed by atoms with Crippen LogP contribution in [0.25, 0.3) is 10.9 Å². The summed E-state index contributed by atoms with van der Waals surface area (Å²) in [5.41, 5.74) is 1.33. The molecule has 0 spiro atoms. The van der Waals surface area contributed by atoms with Crippen LogP contribution in [0.15, 0.2) is 24.3 Å². The van der Waals surface area contributed by atoms with Gasteiger partial charge in [-0.1, -0.05) is 6.07 Å². The van der Waals surface area contributed by atoms with Crippen molar-refractivity contribution >= 4 is 16.8 Å². The van der Waals surface area contributed by atoms with E-state index in [4.69, 9.17) is 9.57 Å². The molecular weight excluding hydrogens is 220 g/mol. The molecule has 17 heavy (non-hydrogen) atoms. The van der Waals surface area contributed by atoms with Crippen molar-refractivity contribution in [1.29, 1.82) is 0 Å². The highest BCUT2D eigenvalue weighted by Gasteiger charge is 2.15. The first-order valence-electron chi connectivity index (χ1n) is 5.15. The largest absolute Gasteiger partial charge is 0.496 e. The zero-order valence-corrected chi connectivity index (χ0v) is 9.98. The Morgan fingerprint density at radius 3 is 2.76 bits per heavy atom. The molecule has 0 fully saturated rings. The summed E-state index contributed by atoms with van der Waals surface area (Å²) in [7, 11) is 4.61. The Hall–Kier alpha value is -2.01. The van der Waals surface area contributed by atoms with Gasteiger partial charge in [-0.3, -0.25) is 9.63 Å². The molecule has 1 heterocycles. The highest BCUT2D eigenvalue weighted by atomic mass is 16.7. The van der Waals surface area contributed by atoms with Crippen LogP contribution >= 0.6 is 0 Å². The fourth-order valence-electron chi connectivity index (χ4n) is 1.67. The van der Waals surface area contributed by atoms with Crippen molar-refractivity contribution in [2.75, 3.05) is 21.3 Å². The number of hydroxylamine groups is 2. The molecule has 1 N–H and O–H groups in total. The number of nitrogens with zero attached hydrogens (tertiary/aromatic N) is 1. The normalized spacial score (nSPS) is 10.5. The molecule has 1 aromatic carbocycles. The van der Waals surface area contributed by atoms with Gasteiger partial charge in [-0.05, 0) is 18.2 Å². The van der Waals surface area contributed by atoms with Gasteiger partial charge in [-0.25, -0.2) is 5.06 Å². The van der Waals surface area contributed by atoms with Crippen LogP contribution in [0.3, 0.4) is 0 Å². The molecule has 5 heteroatoms. The maximum absolute atomic E-state index is 11.9. The fourth-order valence-corrected chi connectivity index (χ4v) is 1.67. The van der Waals surface area contributed by atoms with Crippen LogP contribution < -0.4 is 4.74 Å². The minimum atomic E-state index is -0.231. The van der Waals surface area contributed by atoms with Gasteiger partial charge in [0.25, 0.3) is 5.91 Å². The van der Waals surface area contributed by atoms with Crippen molar-refractivity contribution in [3.63, 3.8) is 0 Å². The number of methoxy groups -OCH3 is 1. The Labute approximate surface area is 98.9 Å². The number of benzene rings is 1. The van der Waals surface area contributed by atoms with Crippen molar-refractivity contribution in [2.24, 2.45) is 0 Å². The summed E-state index contributed by atoms with van der Waals surface area (Å²) in [6, 6.07) is 7.36. The van der Waals surface area contributed by atoms with Gasteiger partial charge >= 0.3 is 0 Å². The Morgan fingerprint density at radius 1 is 1.35 bits per heavy atom. The van der Waals surface area contributed by atoms with E-state index >= 15 is 0 Å². The van der Waals surface area contributed by atoms with Crippen LogP contribution in [0.5, 0.6) is 5.75 Å². The summed E-state index contributed by atoms with van der Waals surface area (Å²) in [5, 5.41) is 2.04. The lowest BCUT2D eigenvalue weighted by Crippen LogP contribution is -2.25. The molecule has 0 aliphatic heterocycles. The van der Waals surface area contributed by atoms with Crippen LogP contribution in [0.2, 0.25) is 0 Å². The predicted molar refractivity (Wildman–Crippen MR) is 64.0 cm³/mol. The number of carbonyl (C=O) groups excluding carboxylic acids is 1. The Morgan fingerprint density at radius 2 is 2.12 bits per heavy atom. The van der Waals surface area contributed by atoms with E-state index in [1.807, 2.05) is 18.2 Å². The lowest BCUT2D eigenvalue weighted by Gasteiger charge is -2.11. The van der Waals surface area contributed by atoms with Crippen molar-refractivity contribution < 1.29 is 14.4 Å². The van der Waals surface area contributed by atoms with Crippen LogP contribution in [0, 0.1) is 0 Å². The summed E-state index contributed by atoms with van der Waals surface area (Å²) < 4.78 is 5.23. The molecule has 0 saturated carbocycles. The number of amides is 1. The molecule has 0 aliphatic rings. The van der Waals surface area contributed by atoms with Crippen molar-refractivity contribution in [3.8, 4) is 5.75 Å². The third-order valence-corrected chi connectivity index (χ3v) is 2.63. The van der Waals surface area contributed by atoms with Crippen molar-refractivity contribution in [2.45, 2.75) is 0 Å². The number of rotatable bonds is 3. The van der Waals surface area contributed by atoms with Gasteiger partial charge in [0, 0.05) is 18.0 Å². The lowest BCUT2D eigenvalue weighted by atomic mass is 10.2. The summed E-state index contributed by atoms with van der Waals surface area (Å²) in [6.07, 6.45) is 0. The van der Waals surface area contributed by atoms with E-state index in [9.17, 15) is 4.79 Å². The molecule has 0 bridgehead atoms. The van der Waals surface area contributed by atoms with Gasteiger partial charge in [0.05, 0.1) is 14.2 Å². The van der Waals surface area contributed by atoms with Gasteiger partial charge in [0.2, 0.25) is 0 Å². The molecule has 0 radical (unpaired) electrons. The van der Waals surface area contributed by atoms with Gasteiger partial charge in [0.15, 0.2) is 0 Å². The monoisotopic (exact) mass is 234 g/mol. The van der Waals surface area contributed by atoms with Crippen molar-refractivity contribution in [1.82, 2.24) is 10.0 Å². The van der Waals surface area contributed by atoms with E-state index in [0.717, 1.165) is 21.7 Å². The number of hydrogen-bond acceptors (Lipinski definition) is 3. The van der Waals surface area contributed by atoms with Gasteiger partial charge in [0.1, 0.15) is 11.4 Å². The van der Waals surface area contributed by atoms with E-state index in [-0.39, 0.29) is 5.91 Å². The molecule has 0 aliphatic carbocycles. The van der Waals surface area contributed by atoms with Gasteiger partial charge in [-0.2, -0.15) is 0 Å². The Bertz CT molecular complexity index is 548. The van der Waals surface area contributed by atoms with E-state index in [2.05, 4.69) is 4.98 Å². The standard InChI is InChI=1S/C12H14N2O3/c1-14(17-3)12(15)10-7-8-9(13-10)5-4-6-11(8)16-2/h4-7,13H,1-3H3. The number of nitrogens with one attached hydrogen (secondary N) is 1. The maximum Gasteiger partial charge on any atom is 0.293 e. The second-order valence-electron chi connectivity index (χ2n) is 3.59. The predicted octanol–water partition coefficient (Wildman–Crippen LogP) is 1.81. The molecule has 0 atom stereocenters. The van der Waals surface area contributed by atoms with Gasteiger partial charge < -0.3 is 9.72 Å². The van der Waals surface area contributed by atoms with E-state index in [0.29, 0.717) is 5.69 Å². The summed E-state index contributed by atoms with van der Waals surface area (Å²) in [6.45, 7) is 0. The molecule has 2 aromatic rings.